The Balaban J connectivity index is 0.000000119. The molecule has 1 heterocycles. The Morgan fingerprint density at radius 2 is 0.704 bits per heavy atom. The van der Waals surface area contributed by atoms with Gasteiger partial charge in [-0.3, -0.25) is 0 Å². The molecule has 0 aliphatic heterocycles. The van der Waals surface area contributed by atoms with Crippen LogP contribution < -0.4 is 0 Å². The van der Waals surface area contributed by atoms with Crippen molar-refractivity contribution in [2.75, 3.05) is 0 Å². The predicted octanol–water partition coefficient (Wildman–Crippen LogP) is 7.31. The molecule has 1 aromatic heterocycles. The first-order chi connectivity index (χ1) is 13.4. The molecule has 1 N–H and O–H groups in total. The van der Waals surface area contributed by atoms with Crippen LogP contribution in [-0.4, -0.2) is 4.98 Å². The number of benzene rings is 5. The third-order valence-corrected chi connectivity index (χ3v) is 5.07. The zero-order valence-electron chi connectivity index (χ0n) is 14.9. The van der Waals surface area contributed by atoms with Crippen molar-refractivity contribution in [2.24, 2.45) is 0 Å². The number of rotatable bonds is 0. The van der Waals surface area contributed by atoms with Gasteiger partial charge in [-0.05, 0) is 33.7 Å². The quantitative estimate of drug-likeness (QED) is 0.278. The van der Waals surface area contributed by atoms with Crippen LogP contribution in [0, 0.1) is 0 Å². The molecule has 0 unspecified atom stereocenters. The van der Waals surface area contributed by atoms with E-state index in [-0.39, 0.29) is 0 Å². The highest BCUT2D eigenvalue weighted by Crippen LogP contribution is 2.25. The number of fused-ring (bicyclic) bond motifs is 6. The van der Waals surface area contributed by atoms with Crippen molar-refractivity contribution in [2.45, 2.75) is 0 Å². The molecule has 0 saturated carbocycles. The lowest BCUT2D eigenvalue weighted by Crippen LogP contribution is -1.75. The Hall–Kier alpha value is -3.58. The lowest BCUT2D eigenvalue weighted by atomic mass is 10.0. The van der Waals surface area contributed by atoms with Crippen LogP contribution in [0.5, 0.6) is 0 Å². The van der Waals surface area contributed by atoms with Gasteiger partial charge in [0.2, 0.25) is 0 Å². The molecule has 0 fully saturated rings. The molecule has 0 atom stereocenters. The highest BCUT2D eigenvalue weighted by Gasteiger charge is 2.00. The summed E-state index contributed by atoms with van der Waals surface area (Å²) in [6.45, 7) is 0. The lowest BCUT2D eigenvalue weighted by molar-refractivity contribution is 1.55. The fourth-order valence-corrected chi connectivity index (χ4v) is 3.75. The molecular weight excluding hydrogens is 326 g/mol. The van der Waals surface area contributed by atoms with Crippen LogP contribution in [0.25, 0.3) is 43.4 Å². The number of H-pyrrole nitrogens is 1. The van der Waals surface area contributed by atoms with Gasteiger partial charge >= 0.3 is 0 Å². The van der Waals surface area contributed by atoms with Crippen molar-refractivity contribution in [1.29, 1.82) is 0 Å². The summed E-state index contributed by atoms with van der Waals surface area (Å²) in [6.07, 6.45) is 0. The van der Waals surface area contributed by atoms with Crippen molar-refractivity contribution in [1.82, 2.24) is 4.98 Å². The molecule has 6 rings (SSSR count). The van der Waals surface area contributed by atoms with Crippen LogP contribution >= 0.6 is 0 Å². The molecular formula is C26H19N. The number of hydrogen-bond donors (Lipinski definition) is 1. The van der Waals surface area contributed by atoms with Gasteiger partial charge in [-0.1, -0.05) is 97.1 Å². The Morgan fingerprint density at radius 1 is 0.333 bits per heavy atom. The van der Waals surface area contributed by atoms with Crippen LogP contribution in [0.2, 0.25) is 0 Å². The summed E-state index contributed by atoms with van der Waals surface area (Å²) < 4.78 is 0. The molecule has 128 valence electrons. The minimum absolute atomic E-state index is 1.21. The first kappa shape index (κ1) is 15.7. The molecule has 5 aromatic carbocycles. The molecule has 0 bridgehead atoms. The molecule has 0 amide bonds. The van der Waals surface area contributed by atoms with E-state index >= 15 is 0 Å². The average molecular weight is 345 g/mol. The second-order valence-electron chi connectivity index (χ2n) is 6.72. The smallest absolute Gasteiger partial charge is 0.0464 e. The number of aromatic nitrogens is 1. The normalized spacial score (nSPS) is 11.0. The van der Waals surface area contributed by atoms with E-state index in [4.69, 9.17) is 0 Å². The fraction of sp³-hybridized carbons (Fsp3) is 0. The maximum atomic E-state index is 3.38. The minimum Gasteiger partial charge on any atom is -0.355 e. The van der Waals surface area contributed by atoms with Crippen LogP contribution in [0.1, 0.15) is 0 Å². The van der Waals surface area contributed by atoms with Crippen LogP contribution in [-0.2, 0) is 0 Å². The number of para-hydroxylation sites is 2. The van der Waals surface area contributed by atoms with Crippen molar-refractivity contribution in [3.63, 3.8) is 0 Å². The number of nitrogens with one attached hydrogen (secondary N) is 1. The van der Waals surface area contributed by atoms with E-state index in [1.807, 2.05) is 0 Å². The van der Waals surface area contributed by atoms with E-state index in [2.05, 4.69) is 114 Å². The highest BCUT2D eigenvalue weighted by molar-refractivity contribution is 6.07. The van der Waals surface area contributed by atoms with Gasteiger partial charge in [0.1, 0.15) is 0 Å². The summed E-state index contributed by atoms with van der Waals surface area (Å²) in [5.41, 5.74) is 2.42. The van der Waals surface area contributed by atoms with E-state index in [0.717, 1.165) is 0 Å². The van der Waals surface area contributed by atoms with Gasteiger partial charge in [-0.25, -0.2) is 0 Å². The van der Waals surface area contributed by atoms with E-state index in [1.165, 1.54) is 43.4 Å². The highest BCUT2D eigenvalue weighted by atomic mass is 14.7. The van der Waals surface area contributed by atoms with E-state index < -0.39 is 0 Å². The molecule has 1 nitrogen and oxygen atoms in total. The van der Waals surface area contributed by atoms with E-state index in [1.54, 1.807) is 0 Å². The molecule has 0 radical (unpaired) electrons. The molecule has 0 aliphatic rings. The summed E-state index contributed by atoms with van der Waals surface area (Å²) in [5.74, 6) is 0. The standard InChI is InChI=1S/C14H10.C12H9N/c1-3-7-13-11(5-1)9-10-12-6-2-4-8-14(12)13;1-3-7-11-9(5-1)10-6-2-4-8-12(10)13-11/h1-10H;1-8,13H. The topological polar surface area (TPSA) is 15.8 Å². The summed E-state index contributed by atoms with van der Waals surface area (Å²) in [7, 11) is 0. The van der Waals surface area contributed by atoms with Gasteiger partial charge in [0, 0.05) is 21.8 Å². The van der Waals surface area contributed by atoms with Gasteiger partial charge in [0.05, 0.1) is 0 Å². The van der Waals surface area contributed by atoms with Gasteiger partial charge in [-0.15, -0.1) is 0 Å². The number of aromatic amines is 1. The Morgan fingerprint density at radius 3 is 1.19 bits per heavy atom. The first-order valence-corrected chi connectivity index (χ1v) is 9.22. The van der Waals surface area contributed by atoms with Crippen molar-refractivity contribution >= 4 is 43.4 Å². The van der Waals surface area contributed by atoms with Gasteiger partial charge in [0.25, 0.3) is 0 Å². The average Bonchev–Trinajstić information content (AvgIpc) is 3.13. The predicted molar refractivity (Wildman–Crippen MR) is 117 cm³/mol. The second-order valence-corrected chi connectivity index (χ2v) is 6.72. The monoisotopic (exact) mass is 345 g/mol. The minimum atomic E-state index is 1.21. The summed E-state index contributed by atoms with van der Waals surface area (Å²) in [6, 6.07) is 38.1. The van der Waals surface area contributed by atoms with Gasteiger partial charge in [-0.2, -0.15) is 0 Å². The van der Waals surface area contributed by atoms with Crippen molar-refractivity contribution in [3.8, 4) is 0 Å². The van der Waals surface area contributed by atoms with Crippen molar-refractivity contribution in [3.05, 3.63) is 109 Å². The third kappa shape index (κ3) is 2.84. The molecule has 0 aliphatic carbocycles. The maximum absolute atomic E-state index is 3.38. The zero-order valence-corrected chi connectivity index (χ0v) is 14.9. The third-order valence-electron chi connectivity index (χ3n) is 5.07. The molecule has 27 heavy (non-hydrogen) atoms. The summed E-state index contributed by atoms with van der Waals surface area (Å²) in [5, 5.41) is 7.91. The van der Waals surface area contributed by atoms with E-state index in [0.29, 0.717) is 0 Å². The molecule has 0 spiro atoms. The van der Waals surface area contributed by atoms with Crippen LogP contribution in [0.15, 0.2) is 109 Å². The Labute approximate surface area is 157 Å². The zero-order chi connectivity index (χ0) is 18.1. The molecule has 1 heteroatoms. The van der Waals surface area contributed by atoms with Gasteiger partial charge in [0.15, 0.2) is 0 Å². The van der Waals surface area contributed by atoms with Crippen LogP contribution in [0.4, 0.5) is 0 Å². The van der Waals surface area contributed by atoms with E-state index in [9.17, 15) is 0 Å². The maximum Gasteiger partial charge on any atom is 0.0464 e. The lowest BCUT2D eigenvalue weighted by Gasteiger charge is -2.02. The first-order valence-electron chi connectivity index (χ1n) is 9.22. The van der Waals surface area contributed by atoms with Crippen LogP contribution in [0.3, 0.4) is 0 Å². The fourth-order valence-electron chi connectivity index (χ4n) is 3.75. The SMILES string of the molecule is c1ccc2c(c1)[nH]c1ccccc12.c1ccc2c(c1)ccc1ccccc12. The number of hydrogen-bond acceptors (Lipinski definition) is 0. The second kappa shape index (κ2) is 6.62. The Bertz CT molecular complexity index is 1270. The van der Waals surface area contributed by atoms with Gasteiger partial charge < -0.3 is 4.98 Å². The summed E-state index contributed by atoms with van der Waals surface area (Å²) in [4.78, 5) is 3.38. The Kier molecular flexibility index (Phi) is 3.84. The van der Waals surface area contributed by atoms with Crippen molar-refractivity contribution < 1.29 is 0 Å². The molecule has 6 aromatic rings. The summed E-state index contributed by atoms with van der Waals surface area (Å²) >= 11 is 0. The largest absolute Gasteiger partial charge is 0.355 e. The molecule has 0 saturated heterocycles.